The molecule has 0 unspecified atom stereocenters. The minimum absolute atomic E-state index is 0.0170. The average molecular weight is 343 g/mol. The van der Waals surface area contributed by atoms with Crippen molar-refractivity contribution in [3.05, 3.63) is 36.2 Å². The quantitative estimate of drug-likeness (QED) is 0.904. The summed E-state index contributed by atoms with van der Waals surface area (Å²) in [6.45, 7) is 6.20. The minimum Gasteiger partial charge on any atom is -0.497 e. The summed E-state index contributed by atoms with van der Waals surface area (Å²) in [4.78, 5) is 12.6. The van der Waals surface area contributed by atoms with Crippen LogP contribution < -0.4 is 14.8 Å². The number of carbonyl (C=O) groups excluding carboxylic acids is 1. The van der Waals surface area contributed by atoms with Crippen LogP contribution in [0.4, 0.5) is 5.69 Å². The highest BCUT2D eigenvalue weighted by Crippen LogP contribution is 2.51. The summed E-state index contributed by atoms with van der Waals surface area (Å²) in [5.74, 6) is 1.68. The first-order valence-electron chi connectivity index (χ1n) is 8.41. The van der Waals surface area contributed by atoms with E-state index in [4.69, 9.17) is 9.47 Å². The van der Waals surface area contributed by atoms with Crippen LogP contribution in [0.1, 0.15) is 38.7 Å². The van der Waals surface area contributed by atoms with Gasteiger partial charge in [-0.05, 0) is 45.4 Å². The van der Waals surface area contributed by atoms with Crippen molar-refractivity contribution in [2.75, 3.05) is 19.5 Å². The van der Waals surface area contributed by atoms with Crippen LogP contribution in [0.5, 0.6) is 11.5 Å². The molecule has 0 spiro atoms. The lowest BCUT2D eigenvalue weighted by atomic mass is 10.1. The Balaban J connectivity index is 1.69. The Morgan fingerprint density at radius 2 is 2.04 bits per heavy atom. The van der Waals surface area contributed by atoms with Crippen molar-refractivity contribution in [2.24, 2.45) is 5.92 Å². The van der Waals surface area contributed by atoms with Gasteiger partial charge in [0.15, 0.2) is 0 Å². The van der Waals surface area contributed by atoms with Gasteiger partial charge in [-0.2, -0.15) is 5.10 Å². The highest BCUT2D eigenvalue weighted by atomic mass is 16.5. The number of aromatic nitrogens is 2. The Bertz CT molecular complexity index is 776. The zero-order valence-electron chi connectivity index (χ0n) is 15.4. The number of carbonyl (C=O) groups is 1. The topological polar surface area (TPSA) is 65.4 Å². The number of rotatable bonds is 5. The molecular weight excluding hydrogens is 318 g/mol. The van der Waals surface area contributed by atoms with E-state index in [0.29, 0.717) is 0 Å². The van der Waals surface area contributed by atoms with Crippen LogP contribution in [0.2, 0.25) is 0 Å². The standard InChI is InChI=1S/C19H25N3O3/c1-19(2,3)22-11-12(10-20-22)21-18(23)16-9-14(16)15-8-13(24-4)6-7-17(15)25-5/h6-8,10-11,14,16H,9H2,1-5H3,(H,21,23)/t14-,16-/m0/s1. The van der Waals surface area contributed by atoms with E-state index < -0.39 is 0 Å². The number of nitrogens with zero attached hydrogens (tertiary/aromatic N) is 2. The van der Waals surface area contributed by atoms with Crippen molar-refractivity contribution in [3.8, 4) is 11.5 Å². The molecule has 2 atom stereocenters. The highest BCUT2D eigenvalue weighted by Gasteiger charge is 2.45. The number of benzene rings is 1. The van der Waals surface area contributed by atoms with Crippen LogP contribution in [0.3, 0.4) is 0 Å². The first-order chi connectivity index (χ1) is 11.8. The molecule has 0 aliphatic heterocycles. The molecule has 0 bridgehead atoms. The maximum atomic E-state index is 12.6. The Morgan fingerprint density at radius 3 is 2.64 bits per heavy atom. The van der Waals surface area contributed by atoms with Crippen LogP contribution in [-0.2, 0) is 10.3 Å². The van der Waals surface area contributed by atoms with Gasteiger partial charge in [0.2, 0.25) is 5.91 Å². The number of ether oxygens (including phenoxy) is 2. The Hall–Kier alpha value is -2.50. The first kappa shape index (κ1) is 17.3. The van der Waals surface area contributed by atoms with Crippen LogP contribution in [0.25, 0.3) is 0 Å². The predicted octanol–water partition coefficient (Wildman–Crippen LogP) is 3.40. The van der Waals surface area contributed by atoms with E-state index >= 15 is 0 Å². The second kappa shape index (κ2) is 6.43. The van der Waals surface area contributed by atoms with Gasteiger partial charge in [-0.15, -0.1) is 0 Å². The number of hydrogen-bond donors (Lipinski definition) is 1. The second-order valence-electron chi connectivity index (χ2n) is 7.39. The molecule has 134 valence electrons. The smallest absolute Gasteiger partial charge is 0.228 e. The lowest BCUT2D eigenvalue weighted by molar-refractivity contribution is -0.117. The maximum Gasteiger partial charge on any atom is 0.228 e. The molecule has 3 rings (SSSR count). The van der Waals surface area contributed by atoms with Gasteiger partial charge < -0.3 is 14.8 Å². The molecule has 1 aromatic carbocycles. The molecule has 1 fully saturated rings. The number of nitrogens with one attached hydrogen (secondary N) is 1. The van der Waals surface area contributed by atoms with Crippen molar-refractivity contribution in [2.45, 2.75) is 38.6 Å². The fourth-order valence-corrected chi connectivity index (χ4v) is 2.95. The van der Waals surface area contributed by atoms with E-state index in [1.54, 1.807) is 20.4 Å². The van der Waals surface area contributed by atoms with Gasteiger partial charge >= 0.3 is 0 Å². The summed E-state index contributed by atoms with van der Waals surface area (Å²) in [5.41, 5.74) is 1.63. The SMILES string of the molecule is COc1ccc(OC)c([C@@H]2C[C@@H]2C(=O)Nc2cnn(C(C)(C)C)c2)c1. The summed E-state index contributed by atoms with van der Waals surface area (Å²) in [5, 5.41) is 7.28. The molecule has 1 heterocycles. The predicted molar refractivity (Wildman–Crippen MR) is 96.2 cm³/mol. The Labute approximate surface area is 148 Å². The van der Waals surface area contributed by atoms with Crippen LogP contribution in [0, 0.1) is 5.92 Å². The molecule has 1 aromatic heterocycles. The van der Waals surface area contributed by atoms with E-state index in [9.17, 15) is 4.79 Å². The Morgan fingerprint density at radius 1 is 1.28 bits per heavy atom. The van der Waals surface area contributed by atoms with Crippen LogP contribution >= 0.6 is 0 Å². The van der Waals surface area contributed by atoms with Gasteiger partial charge in [-0.25, -0.2) is 0 Å². The minimum atomic E-state index is -0.112. The van der Waals surface area contributed by atoms with Gasteiger partial charge in [0.25, 0.3) is 0 Å². The number of anilines is 1. The summed E-state index contributed by atoms with van der Waals surface area (Å²) in [7, 11) is 3.28. The molecule has 6 heteroatoms. The van der Waals surface area contributed by atoms with E-state index in [1.807, 2.05) is 29.1 Å². The molecule has 6 nitrogen and oxygen atoms in total. The third-order valence-corrected chi connectivity index (χ3v) is 4.50. The third-order valence-electron chi connectivity index (χ3n) is 4.50. The molecule has 1 saturated carbocycles. The maximum absolute atomic E-state index is 12.6. The molecule has 25 heavy (non-hydrogen) atoms. The molecule has 1 aliphatic rings. The number of methoxy groups -OCH3 is 2. The summed E-state index contributed by atoms with van der Waals surface area (Å²) >= 11 is 0. The van der Waals surface area contributed by atoms with Crippen molar-refractivity contribution in [1.29, 1.82) is 0 Å². The highest BCUT2D eigenvalue weighted by molar-refractivity contribution is 5.95. The molecule has 1 amide bonds. The zero-order chi connectivity index (χ0) is 18.2. The van der Waals surface area contributed by atoms with Crippen molar-refractivity contribution >= 4 is 11.6 Å². The third kappa shape index (κ3) is 3.62. The van der Waals surface area contributed by atoms with E-state index in [-0.39, 0.29) is 23.3 Å². The van der Waals surface area contributed by atoms with Crippen LogP contribution in [0.15, 0.2) is 30.6 Å². The molecule has 0 radical (unpaired) electrons. The van der Waals surface area contributed by atoms with Gasteiger partial charge in [-0.1, -0.05) is 0 Å². The largest absolute Gasteiger partial charge is 0.497 e. The first-order valence-corrected chi connectivity index (χ1v) is 8.41. The molecule has 2 aromatic rings. The van der Waals surface area contributed by atoms with E-state index in [2.05, 4.69) is 31.2 Å². The molecule has 0 saturated heterocycles. The lowest BCUT2D eigenvalue weighted by Crippen LogP contribution is -2.22. The van der Waals surface area contributed by atoms with Gasteiger partial charge in [0.1, 0.15) is 11.5 Å². The van der Waals surface area contributed by atoms with E-state index in [0.717, 1.165) is 29.2 Å². The van der Waals surface area contributed by atoms with Crippen molar-refractivity contribution < 1.29 is 14.3 Å². The molecular formula is C19H25N3O3. The monoisotopic (exact) mass is 343 g/mol. The van der Waals surface area contributed by atoms with E-state index in [1.165, 1.54) is 0 Å². The summed E-state index contributed by atoms with van der Waals surface area (Å²) in [6, 6.07) is 5.70. The van der Waals surface area contributed by atoms with Crippen molar-refractivity contribution in [1.82, 2.24) is 9.78 Å². The summed E-state index contributed by atoms with van der Waals surface area (Å²) < 4.78 is 12.6. The van der Waals surface area contributed by atoms with Crippen LogP contribution in [-0.4, -0.2) is 29.9 Å². The number of hydrogen-bond acceptors (Lipinski definition) is 4. The lowest BCUT2D eigenvalue weighted by Gasteiger charge is -2.18. The van der Waals surface area contributed by atoms with Crippen molar-refractivity contribution in [3.63, 3.8) is 0 Å². The zero-order valence-corrected chi connectivity index (χ0v) is 15.4. The molecule has 1 N–H and O–H groups in total. The van der Waals surface area contributed by atoms with Gasteiger partial charge in [-0.3, -0.25) is 9.48 Å². The second-order valence-corrected chi connectivity index (χ2v) is 7.39. The fraction of sp³-hybridized carbons (Fsp3) is 0.474. The van der Waals surface area contributed by atoms with Gasteiger partial charge in [0, 0.05) is 23.6 Å². The Kier molecular flexibility index (Phi) is 4.45. The normalized spacial score (nSPS) is 19.4. The fourth-order valence-electron chi connectivity index (χ4n) is 2.95. The molecule has 1 aliphatic carbocycles. The van der Waals surface area contributed by atoms with Gasteiger partial charge in [0.05, 0.1) is 31.6 Å². The average Bonchev–Trinajstić information content (AvgIpc) is 3.24. The summed E-state index contributed by atoms with van der Waals surface area (Å²) in [6.07, 6.45) is 4.36. The number of amides is 1.